The van der Waals surface area contributed by atoms with E-state index in [1.165, 1.54) is 54.7 Å². The molecule has 3 N–H and O–H groups in total. The van der Waals surface area contributed by atoms with Crippen LogP contribution >= 0.6 is 0 Å². The number of likely N-dealkylation sites (N-methyl/N-ethyl adjacent to an activating group) is 4. The van der Waals surface area contributed by atoms with Crippen molar-refractivity contribution in [2.75, 3.05) is 68.0 Å². The van der Waals surface area contributed by atoms with Crippen LogP contribution in [-0.2, 0) is 54.3 Å². The SMILES string of the molecule is CC(C)C[C@H]1C(=O)N(C)[C@@H](CC(C)C)C(=O)N[C@H](C(=O)N2CCCCC2)CC(=O)N(C)CCCC(=O)N(C)[C@@H](Cc2ccccc2)C(=O)N[C@@H]([C@@H](C)O)C(=O)N(C)CC(=O)C[C@@H](COC(C)(C)C)C(=O)N1C. The molecule has 0 spiro atoms. The molecule has 1 aromatic carbocycles. The van der Waals surface area contributed by atoms with Crippen molar-refractivity contribution >= 4 is 53.0 Å². The summed E-state index contributed by atoms with van der Waals surface area (Å²) in [5.74, 6) is -6.48. The highest BCUT2D eigenvalue weighted by Gasteiger charge is 2.41. The van der Waals surface area contributed by atoms with Gasteiger partial charge in [-0.1, -0.05) is 58.0 Å². The third-order valence-corrected chi connectivity index (χ3v) is 13.4. The Bertz CT molecular complexity index is 2020. The van der Waals surface area contributed by atoms with Gasteiger partial charge in [0.25, 0.3) is 0 Å². The van der Waals surface area contributed by atoms with Gasteiger partial charge in [-0.05, 0) is 83.6 Å². The highest BCUT2D eigenvalue weighted by Crippen LogP contribution is 2.23. The number of aliphatic hydroxyl groups excluding tert-OH is 1. The number of carbonyl (C=O) groups is 9. The number of hydrogen-bond donors (Lipinski definition) is 3. The van der Waals surface area contributed by atoms with E-state index in [0.29, 0.717) is 18.7 Å². The number of Topliss-reactive ketones (excluding diaryl/α,β-unsaturated/α-hetero) is 1. The van der Waals surface area contributed by atoms with Crippen molar-refractivity contribution in [3.8, 4) is 0 Å². The molecule has 0 radical (unpaired) electrons. The van der Waals surface area contributed by atoms with Crippen LogP contribution in [0, 0.1) is 17.8 Å². The number of amides is 8. The number of piperidine rings is 1. The summed E-state index contributed by atoms with van der Waals surface area (Å²) in [6.07, 6.45) is 0.772. The van der Waals surface area contributed by atoms with E-state index in [4.69, 9.17) is 4.74 Å². The van der Waals surface area contributed by atoms with Crippen LogP contribution in [0.2, 0.25) is 0 Å². The van der Waals surface area contributed by atoms with Gasteiger partial charge in [0.05, 0.1) is 37.2 Å². The topological polar surface area (TPSA) is 227 Å². The number of hydrogen-bond acceptors (Lipinski definition) is 11. The molecule has 0 aromatic heterocycles. The molecule has 19 heteroatoms. The number of nitrogens with one attached hydrogen (secondary N) is 2. The van der Waals surface area contributed by atoms with E-state index in [-0.39, 0.29) is 63.5 Å². The van der Waals surface area contributed by atoms with Gasteiger partial charge in [-0.25, -0.2) is 0 Å². The maximum atomic E-state index is 14.8. The lowest BCUT2D eigenvalue weighted by atomic mass is 9.95. The van der Waals surface area contributed by atoms with Gasteiger partial charge in [0, 0.05) is 74.1 Å². The molecule has 19 nitrogen and oxygen atoms in total. The van der Waals surface area contributed by atoms with Crippen molar-refractivity contribution in [1.82, 2.24) is 40.0 Å². The van der Waals surface area contributed by atoms with Crippen LogP contribution < -0.4 is 10.6 Å². The second-order valence-corrected chi connectivity index (χ2v) is 21.8. The van der Waals surface area contributed by atoms with E-state index in [2.05, 4.69) is 10.6 Å². The highest BCUT2D eigenvalue weighted by atomic mass is 16.5. The Morgan fingerprint density at radius 2 is 1.24 bits per heavy atom. The minimum atomic E-state index is -1.53. The summed E-state index contributed by atoms with van der Waals surface area (Å²) in [6, 6.07) is 2.80. The lowest BCUT2D eigenvalue weighted by Crippen LogP contribution is -2.59. The maximum Gasteiger partial charge on any atom is 0.247 e. The summed E-state index contributed by atoms with van der Waals surface area (Å²) in [4.78, 5) is 136. The first kappa shape index (κ1) is 60.9. The van der Waals surface area contributed by atoms with Gasteiger partial charge in [0.1, 0.15) is 30.2 Å². The summed E-state index contributed by atoms with van der Waals surface area (Å²) < 4.78 is 6.07. The standard InChI is InChI=1S/C53H86N8O11/c1-34(2)27-41-47(66)54-40(50(69)61-25-18-15-19-26-61)31-45(65)56(9)24-20-23-44(64)58(11)42(29-37-21-16-14-17-22-37)48(67)55-46(36(5)62)52(71)57(10)32-39(63)30-38(33-72-53(6,7)8)49(68)60(13)43(28-35(3)4)51(70)59(41)12/h14,16-17,21-22,34-36,38,40-43,46,62H,15,18-20,23-33H2,1-13H3,(H,54,66)(H,55,67)/t36-,38+,40+,41+,42+,43+,46+/m1/s1. The Morgan fingerprint density at radius 1 is 0.667 bits per heavy atom. The molecule has 2 heterocycles. The number of ether oxygens (including phenoxy) is 1. The molecule has 2 fully saturated rings. The molecule has 72 heavy (non-hydrogen) atoms. The first-order chi connectivity index (χ1) is 33.6. The van der Waals surface area contributed by atoms with E-state index >= 15 is 0 Å². The van der Waals surface area contributed by atoms with Gasteiger partial charge >= 0.3 is 0 Å². The molecule has 0 unspecified atom stereocenters. The van der Waals surface area contributed by atoms with Gasteiger partial charge in [0.15, 0.2) is 5.78 Å². The molecule has 0 aliphatic carbocycles. The molecule has 1 aromatic rings. The van der Waals surface area contributed by atoms with Crippen molar-refractivity contribution in [3.63, 3.8) is 0 Å². The van der Waals surface area contributed by atoms with Crippen molar-refractivity contribution in [2.24, 2.45) is 17.8 Å². The lowest BCUT2D eigenvalue weighted by Gasteiger charge is -2.38. The van der Waals surface area contributed by atoms with Crippen LogP contribution in [0.5, 0.6) is 0 Å². The zero-order valence-corrected chi connectivity index (χ0v) is 45.4. The first-order valence-corrected chi connectivity index (χ1v) is 25.7. The summed E-state index contributed by atoms with van der Waals surface area (Å²) in [5.41, 5.74) is -0.0173. The average Bonchev–Trinajstić information content (AvgIpc) is 3.32. The van der Waals surface area contributed by atoms with Crippen LogP contribution in [-0.4, -0.2) is 197 Å². The molecule has 2 aliphatic heterocycles. The van der Waals surface area contributed by atoms with E-state index in [0.717, 1.165) is 24.2 Å². The number of likely N-dealkylation sites (tertiary alicyclic amines) is 1. The molecule has 7 atom stereocenters. The Morgan fingerprint density at radius 3 is 1.81 bits per heavy atom. The Hall–Kier alpha value is -5.43. The number of nitrogens with zero attached hydrogens (tertiary/aromatic N) is 6. The van der Waals surface area contributed by atoms with Gasteiger partial charge in [-0.3, -0.25) is 43.2 Å². The third kappa shape index (κ3) is 18.6. The van der Waals surface area contributed by atoms with Crippen LogP contribution in [0.25, 0.3) is 0 Å². The van der Waals surface area contributed by atoms with E-state index in [1.807, 2.05) is 27.7 Å². The van der Waals surface area contributed by atoms with Crippen molar-refractivity contribution < 1.29 is 53.0 Å². The maximum absolute atomic E-state index is 14.8. The van der Waals surface area contributed by atoms with Crippen LogP contribution in [0.1, 0.15) is 119 Å². The second-order valence-electron chi connectivity index (χ2n) is 21.8. The monoisotopic (exact) mass is 1010 g/mol. The van der Waals surface area contributed by atoms with Crippen LogP contribution in [0.15, 0.2) is 30.3 Å². The van der Waals surface area contributed by atoms with E-state index in [1.54, 1.807) is 63.1 Å². The number of ketones is 1. The van der Waals surface area contributed by atoms with Gasteiger partial charge in [-0.15, -0.1) is 0 Å². The quantitative estimate of drug-likeness (QED) is 0.309. The fraction of sp³-hybridized carbons (Fsp3) is 0.717. The van der Waals surface area contributed by atoms with Crippen LogP contribution in [0.4, 0.5) is 0 Å². The average molecular weight is 1010 g/mol. The van der Waals surface area contributed by atoms with Gasteiger partial charge in [0.2, 0.25) is 47.3 Å². The van der Waals surface area contributed by atoms with Crippen molar-refractivity contribution in [3.05, 3.63) is 35.9 Å². The van der Waals surface area contributed by atoms with Crippen LogP contribution in [0.3, 0.4) is 0 Å². The summed E-state index contributed by atoms with van der Waals surface area (Å²) >= 11 is 0. The second kappa shape index (κ2) is 28.1. The summed E-state index contributed by atoms with van der Waals surface area (Å²) in [5, 5.41) is 16.4. The third-order valence-electron chi connectivity index (χ3n) is 13.4. The fourth-order valence-corrected chi connectivity index (χ4v) is 9.03. The Balaban J connectivity index is 2.17. The Labute approximate surface area is 428 Å². The molecule has 2 aliphatic rings. The molecular formula is C53H86N8O11. The first-order valence-electron chi connectivity index (χ1n) is 25.7. The number of carbonyl (C=O) groups excluding carboxylic acids is 9. The lowest BCUT2D eigenvalue weighted by molar-refractivity contribution is -0.153. The smallest absolute Gasteiger partial charge is 0.247 e. The number of benzene rings is 1. The normalized spacial score (nSPS) is 25.0. The summed E-state index contributed by atoms with van der Waals surface area (Å²) in [6.45, 7) is 14.6. The van der Waals surface area contributed by atoms with Crippen molar-refractivity contribution in [2.45, 2.75) is 162 Å². The van der Waals surface area contributed by atoms with Crippen molar-refractivity contribution in [1.29, 1.82) is 0 Å². The molecular weight excluding hydrogens is 925 g/mol. The van der Waals surface area contributed by atoms with Gasteiger partial charge < -0.3 is 49.9 Å². The highest BCUT2D eigenvalue weighted by molar-refractivity contribution is 5.97. The molecule has 2 saturated heterocycles. The van der Waals surface area contributed by atoms with E-state index < -0.39 is 114 Å². The number of aliphatic hydroxyl groups is 1. The molecule has 404 valence electrons. The fourth-order valence-electron chi connectivity index (χ4n) is 9.03. The number of rotatable bonds is 10. The zero-order chi connectivity index (χ0) is 54.2. The largest absolute Gasteiger partial charge is 0.391 e. The van der Waals surface area contributed by atoms with E-state index in [9.17, 15) is 48.3 Å². The van der Waals surface area contributed by atoms with Gasteiger partial charge in [-0.2, -0.15) is 0 Å². The predicted molar refractivity (Wildman–Crippen MR) is 273 cm³/mol. The minimum Gasteiger partial charge on any atom is -0.391 e. The molecule has 8 amide bonds. The predicted octanol–water partition coefficient (Wildman–Crippen LogP) is 2.66. The zero-order valence-electron chi connectivity index (χ0n) is 45.4. The Kier molecular flexibility index (Phi) is 23.8. The molecule has 0 bridgehead atoms. The molecule has 3 rings (SSSR count). The summed E-state index contributed by atoms with van der Waals surface area (Å²) in [7, 11) is 7.31. The minimum absolute atomic E-state index is 0.0540. The molecule has 0 saturated carbocycles.